The summed E-state index contributed by atoms with van der Waals surface area (Å²) in [5.74, 6) is 0.681. The van der Waals surface area contributed by atoms with E-state index in [1.54, 1.807) is 0 Å². The van der Waals surface area contributed by atoms with Gasteiger partial charge in [-0.1, -0.05) is 13.8 Å². The third kappa shape index (κ3) is 6.35. The Morgan fingerprint density at radius 2 is 1.86 bits per heavy atom. The lowest BCUT2D eigenvalue weighted by molar-refractivity contribution is -0.146. The number of nitrogens with zero attached hydrogens (tertiary/aromatic N) is 1. The summed E-state index contributed by atoms with van der Waals surface area (Å²) in [7, 11) is 0. The first-order chi connectivity index (χ1) is 10.1. The van der Waals surface area contributed by atoms with Gasteiger partial charge in [0.1, 0.15) is 6.04 Å². The van der Waals surface area contributed by atoms with Gasteiger partial charge in [0.2, 0.25) is 0 Å². The molecule has 2 aliphatic rings. The van der Waals surface area contributed by atoms with Gasteiger partial charge in [-0.15, -0.1) is 0 Å². The first kappa shape index (κ1) is 16.8. The van der Waals surface area contributed by atoms with Gasteiger partial charge in [-0.2, -0.15) is 0 Å². The molecule has 0 amide bonds. The summed E-state index contributed by atoms with van der Waals surface area (Å²) in [6, 6.07) is 1.20. The molecule has 1 atom stereocenters. The Morgan fingerprint density at radius 3 is 2.38 bits per heavy atom. The Balaban J connectivity index is 1.78. The molecule has 2 fully saturated rings. The Bertz CT molecular complexity index is 325. The summed E-state index contributed by atoms with van der Waals surface area (Å²) < 4.78 is 5.22. The highest BCUT2D eigenvalue weighted by atomic mass is 16.5. The Hall–Kier alpha value is -0.610. The van der Waals surface area contributed by atoms with Crippen LogP contribution >= 0.6 is 0 Å². The number of hydrogen-bond donors (Lipinski definition) is 1. The van der Waals surface area contributed by atoms with Gasteiger partial charge < -0.3 is 15.0 Å². The van der Waals surface area contributed by atoms with Crippen molar-refractivity contribution in [2.24, 2.45) is 5.92 Å². The molecule has 2 aliphatic carbocycles. The van der Waals surface area contributed by atoms with Gasteiger partial charge in [0.05, 0.1) is 6.61 Å². The van der Waals surface area contributed by atoms with E-state index in [9.17, 15) is 4.79 Å². The van der Waals surface area contributed by atoms with Crippen molar-refractivity contribution in [3.8, 4) is 0 Å². The van der Waals surface area contributed by atoms with Crippen LogP contribution in [0.5, 0.6) is 0 Å². The van der Waals surface area contributed by atoms with Gasteiger partial charge in [-0.25, -0.2) is 0 Å². The monoisotopic (exact) mass is 296 g/mol. The molecule has 2 rings (SSSR count). The fourth-order valence-corrected chi connectivity index (χ4v) is 2.68. The molecular formula is C17H32N2O2. The topological polar surface area (TPSA) is 41.6 Å². The van der Waals surface area contributed by atoms with Crippen molar-refractivity contribution in [2.45, 2.75) is 77.4 Å². The highest BCUT2D eigenvalue weighted by molar-refractivity contribution is 5.75. The van der Waals surface area contributed by atoms with Crippen LogP contribution in [0.4, 0.5) is 0 Å². The van der Waals surface area contributed by atoms with Crippen molar-refractivity contribution in [3.63, 3.8) is 0 Å². The predicted molar refractivity (Wildman–Crippen MR) is 85.2 cm³/mol. The molecule has 4 nitrogen and oxygen atoms in total. The summed E-state index contributed by atoms with van der Waals surface area (Å²) >= 11 is 0. The molecule has 21 heavy (non-hydrogen) atoms. The fraction of sp³-hybridized carbons (Fsp3) is 0.941. The van der Waals surface area contributed by atoms with Crippen molar-refractivity contribution < 1.29 is 9.53 Å². The van der Waals surface area contributed by atoms with Gasteiger partial charge >= 0.3 is 5.97 Å². The molecule has 0 aromatic carbocycles. The van der Waals surface area contributed by atoms with Crippen molar-refractivity contribution in [1.82, 2.24) is 10.2 Å². The first-order valence-electron chi connectivity index (χ1n) is 8.76. The molecule has 0 heterocycles. The number of ether oxygens (including phenoxy) is 1. The maximum Gasteiger partial charge on any atom is 0.323 e. The largest absolute Gasteiger partial charge is 0.465 e. The third-order valence-electron chi connectivity index (χ3n) is 4.35. The van der Waals surface area contributed by atoms with E-state index in [0.29, 0.717) is 12.6 Å². The zero-order valence-corrected chi connectivity index (χ0v) is 13.9. The molecule has 0 aromatic heterocycles. The molecule has 4 heteroatoms. The van der Waals surface area contributed by atoms with E-state index in [1.807, 2.05) is 6.92 Å². The zero-order chi connectivity index (χ0) is 15.2. The van der Waals surface area contributed by atoms with E-state index >= 15 is 0 Å². The van der Waals surface area contributed by atoms with Gasteiger partial charge in [-0.3, -0.25) is 4.79 Å². The minimum absolute atomic E-state index is 0.0657. The van der Waals surface area contributed by atoms with E-state index < -0.39 is 0 Å². The highest BCUT2D eigenvalue weighted by Gasteiger charge is 2.32. The molecular weight excluding hydrogens is 264 g/mol. The van der Waals surface area contributed by atoms with E-state index in [1.165, 1.54) is 38.6 Å². The maximum atomic E-state index is 12.1. The van der Waals surface area contributed by atoms with Gasteiger partial charge in [0.25, 0.3) is 0 Å². The predicted octanol–water partition coefficient (Wildman–Crippen LogP) is 2.57. The molecule has 0 radical (unpaired) electrons. The summed E-state index contributed by atoms with van der Waals surface area (Å²) in [5.41, 5.74) is 0. The molecule has 0 bridgehead atoms. The number of esters is 1. The summed E-state index contributed by atoms with van der Waals surface area (Å²) in [6.07, 6.45) is 7.20. The van der Waals surface area contributed by atoms with Crippen LogP contribution in [0, 0.1) is 5.92 Å². The van der Waals surface area contributed by atoms with Crippen LogP contribution in [-0.2, 0) is 9.53 Å². The maximum absolute atomic E-state index is 12.1. The lowest BCUT2D eigenvalue weighted by Gasteiger charge is -2.25. The molecule has 1 N–H and O–H groups in total. The third-order valence-corrected chi connectivity index (χ3v) is 4.35. The molecule has 0 saturated heterocycles. The molecule has 0 aliphatic heterocycles. The minimum Gasteiger partial charge on any atom is -0.465 e. The Labute approximate surface area is 129 Å². The summed E-state index contributed by atoms with van der Waals surface area (Å²) in [6.45, 7) is 9.09. The minimum atomic E-state index is -0.113. The van der Waals surface area contributed by atoms with Crippen molar-refractivity contribution in [3.05, 3.63) is 0 Å². The van der Waals surface area contributed by atoms with Crippen LogP contribution < -0.4 is 5.32 Å². The van der Waals surface area contributed by atoms with Crippen molar-refractivity contribution in [2.75, 3.05) is 19.7 Å². The van der Waals surface area contributed by atoms with Crippen LogP contribution in [0.15, 0.2) is 0 Å². The average Bonchev–Trinajstić information content (AvgIpc) is 3.30. The van der Waals surface area contributed by atoms with Gasteiger partial charge in [-0.05, 0) is 57.9 Å². The second-order valence-corrected chi connectivity index (χ2v) is 6.98. The number of carbonyl (C=O) groups is 1. The Morgan fingerprint density at radius 1 is 1.19 bits per heavy atom. The van der Waals surface area contributed by atoms with Crippen LogP contribution in [0.3, 0.4) is 0 Å². The quantitative estimate of drug-likeness (QED) is 0.595. The number of carbonyl (C=O) groups excluding carboxylic acids is 1. The van der Waals surface area contributed by atoms with Gasteiger partial charge in [0.15, 0.2) is 0 Å². The highest BCUT2D eigenvalue weighted by Crippen LogP contribution is 2.28. The van der Waals surface area contributed by atoms with E-state index in [2.05, 4.69) is 24.1 Å². The zero-order valence-electron chi connectivity index (χ0n) is 13.9. The van der Waals surface area contributed by atoms with Crippen molar-refractivity contribution in [1.29, 1.82) is 0 Å². The van der Waals surface area contributed by atoms with Crippen LogP contribution in [0.2, 0.25) is 0 Å². The van der Waals surface area contributed by atoms with Gasteiger partial charge in [0, 0.05) is 18.6 Å². The SMILES string of the molecule is CCOC(=O)C(CCN(CCC(C)C)C1CC1)NC1CC1. The molecule has 0 aromatic rings. The number of nitrogens with one attached hydrogen (secondary N) is 1. The normalized spacial score (nSPS) is 20.0. The standard InChI is InChI=1S/C17H32N2O2/c1-4-21-17(20)16(18-14-5-6-14)10-12-19(15-7-8-15)11-9-13(2)3/h13-16,18H,4-12H2,1-3H3. The molecule has 0 spiro atoms. The van der Waals surface area contributed by atoms with E-state index in [-0.39, 0.29) is 12.0 Å². The summed E-state index contributed by atoms with van der Waals surface area (Å²) in [5, 5.41) is 3.45. The van der Waals surface area contributed by atoms with Crippen molar-refractivity contribution >= 4 is 5.97 Å². The van der Waals surface area contributed by atoms with E-state index in [0.717, 1.165) is 24.9 Å². The fourth-order valence-electron chi connectivity index (χ4n) is 2.68. The van der Waals surface area contributed by atoms with Crippen LogP contribution in [0.25, 0.3) is 0 Å². The number of rotatable bonds is 11. The Kier molecular flexibility index (Phi) is 6.49. The first-order valence-corrected chi connectivity index (χ1v) is 8.76. The lowest BCUT2D eigenvalue weighted by atomic mass is 10.1. The summed E-state index contributed by atoms with van der Waals surface area (Å²) in [4.78, 5) is 14.7. The molecule has 2 saturated carbocycles. The second-order valence-electron chi connectivity index (χ2n) is 6.98. The molecule has 122 valence electrons. The van der Waals surface area contributed by atoms with E-state index in [4.69, 9.17) is 4.74 Å². The lowest BCUT2D eigenvalue weighted by Crippen LogP contribution is -2.42. The average molecular weight is 296 g/mol. The smallest absolute Gasteiger partial charge is 0.323 e. The van der Waals surface area contributed by atoms with Crippen LogP contribution in [0.1, 0.15) is 59.3 Å². The number of hydrogen-bond acceptors (Lipinski definition) is 4. The molecule has 1 unspecified atom stereocenters. The van der Waals surface area contributed by atoms with Crippen LogP contribution in [-0.4, -0.2) is 48.7 Å². The second kappa shape index (κ2) is 8.14.